The molecule has 0 saturated heterocycles. The van der Waals surface area contributed by atoms with Gasteiger partial charge in [0.2, 0.25) is 0 Å². The zero-order chi connectivity index (χ0) is 9.97. The van der Waals surface area contributed by atoms with Gasteiger partial charge in [0, 0.05) is 26.3 Å². The van der Waals surface area contributed by atoms with Crippen molar-refractivity contribution >= 4 is 5.82 Å². The molecule has 3 heteroatoms. The van der Waals surface area contributed by atoms with E-state index in [-0.39, 0.29) is 0 Å². The van der Waals surface area contributed by atoms with E-state index >= 15 is 0 Å². The van der Waals surface area contributed by atoms with Crippen molar-refractivity contribution in [2.75, 3.05) is 18.5 Å². The Morgan fingerprint density at radius 3 is 2.79 bits per heavy atom. The zero-order valence-electron chi connectivity index (χ0n) is 8.61. The number of aromatic nitrogens is 1. The molecule has 1 fully saturated rings. The molecule has 0 unspecified atom stereocenters. The van der Waals surface area contributed by atoms with Crippen molar-refractivity contribution in [1.82, 2.24) is 4.98 Å². The minimum atomic E-state index is 0.569. The minimum absolute atomic E-state index is 0.569. The van der Waals surface area contributed by atoms with Crippen LogP contribution in [0.2, 0.25) is 0 Å². The summed E-state index contributed by atoms with van der Waals surface area (Å²) in [5, 5.41) is 0. The summed E-state index contributed by atoms with van der Waals surface area (Å²) < 4.78 is 0. The molecule has 0 amide bonds. The van der Waals surface area contributed by atoms with Crippen LogP contribution in [0.3, 0.4) is 0 Å². The molecule has 0 radical (unpaired) electrons. The highest BCUT2D eigenvalue weighted by atomic mass is 15.2. The molecular weight excluding hydrogens is 174 g/mol. The molecule has 0 bridgehead atoms. The number of pyridine rings is 1. The van der Waals surface area contributed by atoms with Gasteiger partial charge in [0.15, 0.2) is 0 Å². The monoisotopic (exact) mass is 191 g/mol. The number of hydrogen-bond donors (Lipinski definition) is 1. The molecule has 1 aromatic rings. The first-order valence-corrected chi connectivity index (χ1v) is 5.15. The first-order chi connectivity index (χ1) is 6.79. The lowest BCUT2D eigenvalue weighted by Gasteiger charge is -2.17. The van der Waals surface area contributed by atoms with Crippen LogP contribution < -0.4 is 10.6 Å². The fourth-order valence-corrected chi connectivity index (χ4v) is 1.54. The van der Waals surface area contributed by atoms with Gasteiger partial charge >= 0.3 is 0 Å². The third-order valence-electron chi connectivity index (χ3n) is 2.66. The van der Waals surface area contributed by atoms with E-state index < -0.39 is 0 Å². The molecule has 1 aromatic heterocycles. The van der Waals surface area contributed by atoms with Crippen molar-refractivity contribution in [2.45, 2.75) is 19.4 Å². The molecule has 0 atom stereocenters. The number of hydrogen-bond acceptors (Lipinski definition) is 3. The second-order valence-electron chi connectivity index (χ2n) is 4.05. The zero-order valence-corrected chi connectivity index (χ0v) is 8.61. The average molecular weight is 191 g/mol. The standard InChI is InChI=1S/C11H17N3/c1-14(8-9-2-3-9)11-5-4-10(6-12)7-13-11/h4-5,7,9H,2-3,6,8,12H2,1H3. The average Bonchev–Trinajstić information content (AvgIpc) is 3.02. The Kier molecular flexibility index (Phi) is 2.68. The summed E-state index contributed by atoms with van der Waals surface area (Å²) in [6.45, 7) is 1.70. The van der Waals surface area contributed by atoms with Crippen LogP contribution in [-0.4, -0.2) is 18.6 Å². The van der Waals surface area contributed by atoms with Gasteiger partial charge < -0.3 is 10.6 Å². The maximum Gasteiger partial charge on any atom is 0.128 e. The Morgan fingerprint density at radius 1 is 1.50 bits per heavy atom. The lowest BCUT2D eigenvalue weighted by molar-refractivity contribution is 0.776. The molecule has 1 saturated carbocycles. The van der Waals surface area contributed by atoms with Gasteiger partial charge in [-0.25, -0.2) is 4.98 Å². The van der Waals surface area contributed by atoms with Crippen molar-refractivity contribution < 1.29 is 0 Å². The summed E-state index contributed by atoms with van der Waals surface area (Å²) in [5.74, 6) is 1.95. The van der Waals surface area contributed by atoms with E-state index in [0.717, 1.165) is 23.8 Å². The predicted molar refractivity (Wildman–Crippen MR) is 58.1 cm³/mol. The third-order valence-corrected chi connectivity index (χ3v) is 2.66. The lowest BCUT2D eigenvalue weighted by atomic mass is 10.3. The number of nitrogens with two attached hydrogens (primary N) is 1. The van der Waals surface area contributed by atoms with E-state index in [4.69, 9.17) is 5.73 Å². The molecule has 76 valence electrons. The van der Waals surface area contributed by atoms with Crippen LogP contribution >= 0.6 is 0 Å². The summed E-state index contributed by atoms with van der Waals surface area (Å²) >= 11 is 0. The first kappa shape index (κ1) is 9.46. The SMILES string of the molecule is CN(CC1CC1)c1ccc(CN)cn1. The Balaban J connectivity index is 1.99. The largest absolute Gasteiger partial charge is 0.359 e. The topological polar surface area (TPSA) is 42.1 Å². The Hall–Kier alpha value is -1.09. The summed E-state index contributed by atoms with van der Waals surface area (Å²) in [5.41, 5.74) is 6.60. The van der Waals surface area contributed by atoms with Gasteiger partial charge in [0.05, 0.1) is 0 Å². The van der Waals surface area contributed by atoms with Gasteiger partial charge in [0.25, 0.3) is 0 Å². The molecule has 1 aliphatic carbocycles. The van der Waals surface area contributed by atoms with Crippen LogP contribution in [0, 0.1) is 5.92 Å². The number of rotatable bonds is 4. The maximum absolute atomic E-state index is 5.51. The van der Waals surface area contributed by atoms with Gasteiger partial charge in [-0.15, -0.1) is 0 Å². The summed E-state index contributed by atoms with van der Waals surface area (Å²) in [4.78, 5) is 6.60. The third kappa shape index (κ3) is 2.23. The fraction of sp³-hybridized carbons (Fsp3) is 0.545. The minimum Gasteiger partial charge on any atom is -0.359 e. The quantitative estimate of drug-likeness (QED) is 0.782. The molecular formula is C11H17N3. The molecule has 1 heterocycles. The highest BCUT2D eigenvalue weighted by molar-refractivity contribution is 5.38. The summed E-state index contributed by atoms with van der Waals surface area (Å²) in [7, 11) is 2.10. The normalized spacial score (nSPS) is 15.6. The number of anilines is 1. The van der Waals surface area contributed by atoms with Gasteiger partial charge in [-0.05, 0) is 30.4 Å². The van der Waals surface area contributed by atoms with E-state index in [1.54, 1.807) is 0 Å². The van der Waals surface area contributed by atoms with Gasteiger partial charge in [-0.2, -0.15) is 0 Å². The highest BCUT2D eigenvalue weighted by Gasteiger charge is 2.23. The first-order valence-electron chi connectivity index (χ1n) is 5.15. The van der Waals surface area contributed by atoms with Crippen molar-refractivity contribution in [3.63, 3.8) is 0 Å². The smallest absolute Gasteiger partial charge is 0.128 e. The van der Waals surface area contributed by atoms with Crippen molar-refractivity contribution in [2.24, 2.45) is 11.7 Å². The highest BCUT2D eigenvalue weighted by Crippen LogP contribution is 2.30. The van der Waals surface area contributed by atoms with Crippen LogP contribution in [0.4, 0.5) is 5.82 Å². The van der Waals surface area contributed by atoms with Crippen LogP contribution in [0.5, 0.6) is 0 Å². The van der Waals surface area contributed by atoms with Crippen molar-refractivity contribution in [3.8, 4) is 0 Å². The molecule has 3 nitrogen and oxygen atoms in total. The van der Waals surface area contributed by atoms with E-state index in [1.807, 2.05) is 18.3 Å². The molecule has 0 spiro atoms. The fourth-order valence-electron chi connectivity index (χ4n) is 1.54. The Bertz CT molecular complexity index is 290. The van der Waals surface area contributed by atoms with Gasteiger partial charge in [-0.1, -0.05) is 6.07 Å². The molecule has 1 aliphatic rings. The number of nitrogens with zero attached hydrogens (tertiary/aromatic N) is 2. The predicted octanol–water partition coefficient (Wildman–Crippen LogP) is 1.39. The Labute approximate surface area is 84.9 Å². The van der Waals surface area contributed by atoms with Crippen molar-refractivity contribution in [3.05, 3.63) is 23.9 Å². The van der Waals surface area contributed by atoms with Gasteiger partial charge in [0.1, 0.15) is 5.82 Å². The van der Waals surface area contributed by atoms with Crippen LogP contribution in [0.15, 0.2) is 18.3 Å². The van der Waals surface area contributed by atoms with Crippen LogP contribution in [0.25, 0.3) is 0 Å². The molecule has 14 heavy (non-hydrogen) atoms. The molecule has 2 rings (SSSR count). The summed E-state index contributed by atoms with van der Waals surface area (Å²) in [6, 6.07) is 4.09. The van der Waals surface area contributed by atoms with Crippen LogP contribution in [0.1, 0.15) is 18.4 Å². The van der Waals surface area contributed by atoms with E-state index in [9.17, 15) is 0 Å². The molecule has 2 N–H and O–H groups in total. The van der Waals surface area contributed by atoms with E-state index in [0.29, 0.717) is 6.54 Å². The summed E-state index contributed by atoms with van der Waals surface area (Å²) in [6.07, 6.45) is 4.62. The second kappa shape index (κ2) is 3.96. The van der Waals surface area contributed by atoms with E-state index in [2.05, 4.69) is 16.9 Å². The maximum atomic E-state index is 5.51. The lowest BCUT2D eigenvalue weighted by Crippen LogP contribution is -2.21. The van der Waals surface area contributed by atoms with E-state index in [1.165, 1.54) is 12.8 Å². The second-order valence-corrected chi connectivity index (χ2v) is 4.05. The molecule has 0 aliphatic heterocycles. The molecule has 0 aromatic carbocycles. The van der Waals surface area contributed by atoms with Gasteiger partial charge in [-0.3, -0.25) is 0 Å². The van der Waals surface area contributed by atoms with Crippen molar-refractivity contribution in [1.29, 1.82) is 0 Å². The Morgan fingerprint density at radius 2 is 2.29 bits per heavy atom. The van der Waals surface area contributed by atoms with Crippen LogP contribution in [-0.2, 0) is 6.54 Å².